The van der Waals surface area contributed by atoms with Crippen LogP contribution in [0.3, 0.4) is 0 Å². The fourth-order valence-corrected chi connectivity index (χ4v) is 31.8. The molecule has 0 aliphatic carbocycles. The summed E-state index contributed by atoms with van der Waals surface area (Å²) in [6, 6.07) is 0. The maximum Gasteiger partial charge on any atom is 0.232 e. The van der Waals surface area contributed by atoms with Gasteiger partial charge in [0, 0.05) is 46.5 Å². The van der Waals surface area contributed by atoms with Gasteiger partial charge in [-0.05, 0) is 33.7 Å². The number of halogens is 6. The largest absolute Gasteiger partial charge is 0.232 e. The van der Waals surface area contributed by atoms with Gasteiger partial charge in [0.15, 0.2) is 0 Å². The van der Waals surface area contributed by atoms with E-state index in [1.807, 2.05) is 0 Å². The van der Waals surface area contributed by atoms with Crippen LogP contribution >= 0.6 is 96.0 Å². The van der Waals surface area contributed by atoms with Crippen molar-refractivity contribution < 1.29 is 0 Å². The summed E-state index contributed by atoms with van der Waals surface area (Å²) in [6.45, 7) is 0. The Balaban J connectivity index is 3.46. The summed E-state index contributed by atoms with van der Waals surface area (Å²) in [4.78, 5) is 0. The van der Waals surface area contributed by atoms with Crippen molar-refractivity contribution in [3.63, 3.8) is 0 Å². The van der Waals surface area contributed by atoms with Crippen molar-refractivity contribution in [1.82, 2.24) is 0 Å². The van der Waals surface area contributed by atoms with Gasteiger partial charge in [-0.3, -0.25) is 0 Å². The second kappa shape index (κ2) is 4.11. The molecule has 0 fully saturated rings. The lowest BCUT2D eigenvalue weighted by molar-refractivity contribution is 1.81. The van der Waals surface area contributed by atoms with Gasteiger partial charge >= 0.3 is 0 Å². The van der Waals surface area contributed by atoms with E-state index >= 15 is 0 Å². The highest BCUT2D eigenvalue weighted by molar-refractivity contribution is 9.47. The first-order valence-corrected chi connectivity index (χ1v) is 16.1. The van der Waals surface area contributed by atoms with Gasteiger partial charge in [-0.1, -0.05) is 0 Å². The second-order valence-electron chi connectivity index (χ2n) is 1.64. The number of hydrogen-bond donors (Lipinski definition) is 0. The molecular formula is Br3Cl3N3P3. The Morgan fingerprint density at radius 2 is 0.833 bits per heavy atom. The molecule has 0 saturated heterocycles. The topological polar surface area (TPSA) is 37.1 Å². The predicted molar refractivity (Wildman–Crippen MR) is 72.4 cm³/mol. The molecule has 0 aromatic rings. The summed E-state index contributed by atoms with van der Waals surface area (Å²) in [5.41, 5.74) is 0. The number of nitrogens with zero attached hydrogens (tertiary/aromatic N) is 3. The lowest BCUT2D eigenvalue weighted by Gasteiger charge is -2.17. The summed E-state index contributed by atoms with van der Waals surface area (Å²) in [6.07, 6.45) is 0. The van der Waals surface area contributed by atoms with Gasteiger partial charge in [0.1, 0.15) is 0 Å². The molecule has 0 atom stereocenters. The van der Waals surface area contributed by atoms with E-state index in [2.05, 4.69) is 60.0 Å². The zero-order valence-electron chi connectivity index (χ0n) is 4.95. The van der Waals surface area contributed by atoms with Gasteiger partial charge < -0.3 is 0 Å². The highest BCUT2D eigenvalue weighted by Gasteiger charge is 2.29. The Labute approximate surface area is 108 Å². The normalized spacial score (nSPS) is 53.5. The molecule has 0 radical (unpaired) electrons. The first-order valence-electron chi connectivity index (χ1n) is 2.21. The predicted octanol–water partition coefficient (Wildman–Crippen LogP) is 7.74. The van der Waals surface area contributed by atoms with Crippen LogP contribution in [0.4, 0.5) is 0 Å². The Hall–Kier alpha value is 3.00. The van der Waals surface area contributed by atoms with E-state index in [1.165, 1.54) is 0 Å². The molecule has 72 valence electrons. The molecule has 0 unspecified atom stereocenters. The van der Waals surface area contributed by atoms with E-state index in [0.29, 0.717) is 0 Å². The minimum Gasteiger partial charge on any atom is -0.192 e. The van der Waals surface area contributed by atoms with Crippen LogP contribution in [-0.2, 0) is 0 Å². The van der Waals surface area contributed by atoms with Crippen LogP contribution < -0.4 is 0 Å². The molecule has 0 bridgehead atoms. The fourth-order valence-electron chi connectivity index (χ4n) is 0.442. The molecule has 0 aromatic carbocycles. The van der Waals surface area contributed by atoms with Gasteiger partial charge in [0.05, 0.1) is 0 Å². The summed E-state index contributed by atoms with van der Waals surface area (Å²) in [5.74, 6) is 0. The first-order chi connectivity index (χ1) is 5.12. The van der Waals surface area contributed by atoms with E-state index < -0.39 is 15.8 Å². The molecule has 0 spiro atoms. The molecule has 1 aliphatic rings. The molecule has 12 heavy (non-hydrogen) atoms. The zero-order valence-corrected chi connectivity index (χ0v) is 14.7. The van der Waals surface area contributed by atoms with E-state index in [9.17, 15) is 0 Å². The smallest absolute Gasteiger partial charge is 0.192 e. The third-order valence-corrected chi connectivity index (χ3v) is 17.1. The molecule has 12 heteroatoms. The minimum atomic E-state index is -2.40. The monoisotopic (exact) mass is 477 g/mol. The fraction of sp³-hybridized carbons (Fsp3) is 0. The van der Waals surface area contributed by atoms with Crippen LogP contribution in [-0.4, -0.2) is 0 Å². The standard InChI is InChI=1S/Br3Cl3N3P3/c1-10(4)7-11(2,5)9-12(3,6)8-10. The Morgan fingerprint density at radius 1 is 0.667 bits per heavy atom. The van der Waals surface area contributed by atoms with Gasteiger partial charge in [0.2, 0.25) is 15.8 Å². The van der Waals surface area contributed by atoms with Crippen molar-refractivity contribution in [2.24, 2.45) is 13.5 Å². The third kappa shape index (κ3) is 4.24. The Bertz CT molecular complexity index is 281. The summed E-state index contributed by atoms with van der Waals surface area (Å²) in [5, 5.41) is -7.19. The highest BCUT2D eigenvalue weighted by atomic mass is 79.9. The van der Waals surface area contributed by atoms with Crippen molar-refractivity contribution in [3.05, 3.63) is 0 Å². The van der Waals surface area contributed by atoms with Gasteiger partial charge in [-0.15, -0.1) is 0 Å². The van der Waals surface area contributed by atoms with Crippen molar-refractivity contribution in [2.75, 3.05) is 0 Å². The summed E-state index contributed by atoms with van der Waals surface area (Å²) < 4.78 is 12.0. The van der Waals surface area contributed by atoms with Gasteiger partial charge in [0.25, 0.3) is 0 Å². The van der Waals surface area contributed by atoms with Gasteiger partial charge in [-0.25, -0.2) is 0 Å². The average Bonchev–Trinajstić information content (AvgIpc) is 1.44. The first kappa shape index (κ1) is 13.1. The van der Waals surface area contributed by atoms with E-state index in [4.69, 9.17) is 33.7 Å². The average molecular weight is 481 g/mol. The van der Waals surface area contributed by atoms with Crippen molar-refractivity contribution >= 4 is 96.0 Å². The lowest BCUT2D eigenvalue weighted by atomic mass is 13.8. The van der Waals surface area contributed by atoms with E-state index in [-0.39, 0.29) is 0 Å². The molecule has 0 N–H and O–H groups in total. The lowest BCUT2D eigenvalue weighted by Crippen LogP contribution is -1.61. The van der Waals surface area contributed by atoms with Crippen molar-refractivity contribution in [1.29, 1.82) is 0 Å². The molecular weight excluding hydrogens is 481 g/mol. The van der Waals surface area contributed by atoms with Crippen LogP contribution in [0, 0.1) is 0 Å². The molecule has 0 aromatic heterocycles. The van der Waals surface area contributed by atoms with Crippen molar-refractivity contribution in [3.8, 4) is 0 Å². The van der Waals surface area contributed by atoms with Crippen LogP contribution in [0.2, 0.25) is 0 Å². The molecule has 0 amide bonds. The van der Waals surface area contributed by atoms with Crippen LogP contribution in [0.25, 0.3) is 0 Å². The number of rotatable bonds is 0. The minimum absolute atomic E-state index is 2.40. The van der Waals surface area contributed by atoms with E-state index in [0.717, 1.165) is 0 Å². The third-order valence-electron chi connectivity index (χ3n) is 0.646. The van der Waals surface area contributed by atoms with E-state index in [1.54, 1.807) is 0 Å². The zero-order chi connectivity index (χ0) is 9.62. The molecule has 1 aliphatic heterocycles. The molecule has 3 nitrogen and oxygen atoms in total. The summed E-state index contributed by atoms with van der Waals surface area (Å²) in [7, 11) is 0. The highest BCUT2D eigenvalue weighted by Crippen LogP contribution is 2.89. The molecule has 1 rings (SSSR count). The van der Waals surface area contributed by atoms with Crippen LogP contribution in [0.5, 0.6) is 0 Å². The van der Waals surface area contributed by atoms with Crippen LogP contribution in [0.15, 0.2) is 13.5 Å². The Morgan fingerprint density at radius 3 is 1.00 bits per heavy atom. The second-order valence-corrected chi connectivity index (χ2v) is 23.3. The van der Waals surface area contributed by atoms with Crippen LogP contribution in [0.1, 0.15) is 0 Å². The maximum atomic E-state index is 5.90. The molecule has 1 heterocycles. The van der Waals surface area contributed by atoms with Crippen molar-refractivity contribution in [2.45, 2.75) is 0 Å². The van der Waals surface area contributed by atoms with Gasteiger partial charge in [-0.2, -0.15) is 13.5 Å². The SMILES string of the molecule is ClP1(Br)=NP(Cl)(Br)=NP(Cl)(Br)=N1. The number of hydrogen-bond acceptors (Lipinski definition) is 3. The molecule has 0 saturated carbocycles. The Kier molecular flexibility index (Phi) is 4.47. The quantitative estimate of drug-likeness (QED) is 0.318. The maximum absolute atomic E-state index is 5.90. The summed E-state index contributed by atoms with van der Waals surface area (Å²) >= 11 is 27.2.